The van der Waals surface area contributed by atoms with Gasteiger partial charge in [-0.2, -0.15) is 0 Å². The Morgan fingerprint density at radius 3 is 2.85 bits per heavy atom. The second kappa shape index (κ2) is 6.19. The van der Waals surface area contributed by atoms with Gasteiger partial charge in [-0.05, 0) is 6.42 Å². The number of phenolic OH excluding ortho intramolecular Hbond substituents is 1. The molecule has 1 heterocycles. The van der Waals surface area contributed by atoms with Gasteiger partial charge in [0.1, 0.15) is 5.75 Å². The van der Waals surface area contributed by atoms with E-state index >= 15 is 0 Å². The van der Waals surface area contributed by atoms with E-state index in [2.05, 4.69) is 0 Å². The summed E-state index contributed by atoms with van der Waals surface area (Å²) in [6.45, 7) is 0.921. The van der Waals surface area contributed by atoms with E-state index in [9.17, 15) is 9.90 Å². The number of benzene rings is 1. The van der Waals surface area contributed by atoms with Crippen molar-refractivity contribution in [3.8, 4) is 17.2 Å². The average molecular weight is 302 g/mol. The molecular formula is C13H16ClNO5. The standard InChI is InChI=1S/C13H16ClNO5/c14-7-6-9-13(20-5-1-4-19-9)11(12(7)18)8(15)2-3-10(16)17/h6,8,18H,1-5,15H2,(H,16,17). The van der Waals surface area contributed by atoms with E-state index in [0.717, 1.165) is 0 Å². The number of hydrogen-bond donors (Lipinski definition) is 3. The molecule has 0 aromatic heterocycles. The third-order valence-electron chi connectivity index (χ3n) is 3.04. The van der Waals surface area contributed by atoms with Crippen molar-refractivity contribution >= 4 is 17.6 Å². The highest BCUT2D eigenvalue weighted by atomic mass is 35.5. The van der Waals surface area contributed by atoms with Gasteiger partial charge in [0.25, 0.3) is 0 Å². The summed E-state index contributed by atoms with van der Waals surface area (Å²) in [5.41, 5.74) is 6.27. The molecule has 20 heavy (non-hydrogen) atoms. The fraction of sp³-hybridized carbons (Fsp3) is 0.462. The number of hydrogen-bond acceptors (Lipinski definition) is 5. The van der Waals surface area contributed by atoms with Gasteiger partial charge in [-0.15, -0.1) is 0 Å². The third-order valence-corrected chi connectivity index (χ3v) is 3.33. The molecule has 0 spiro atoms. The molecule has 1 aromatic rings. The maximum Gasteiger partial charge on any atom is 0.303 e. The molecule has 0 saturated heterocycles. The van der Waals surface area contributed by atoms with Gasteiger partial charge in [-0.25, -0.2) is 0 Å². The maximum atomic E-state index is 10.6. The molecule has 2 rings (SSSR count). The first kappa shape index (κ1) is 14.7. The molecule has 1 aliphatic rings. The number of phenols is 1. The van der Waals surface area contributed by atoms with Crippen LogP contribution < -0.4 is 15.2 Å². The van der Waals surface area contributed by atoms with Gasteiger partial charge in [-0.1, -0.05) is 11.6 Å². The monoisotopic (exact) mass is 301 g/mol. The summed E-state index contributed by atoms with van der Waals surface area (Å²) in [7, 11) is 0. The number of ether oxygens (including phenoxy) is 2. The zero-order valence-electron chi connectivity index (χ0n) is 10.8. The molecule has 7 heteroatoms. The fourth-order valence-corrected chi connectivity index (χ4v) is 2.26. The Morgan fingerprint density at radius 1 is 1.45 bits per heavy atom. The predicted molar refractivity (Wildman–Crippen MR) is 72.5 cm³/mol. The first-order chi connectivity index (χ1) is 9.50. The Labute approximate surface area is 121 Å². The minimum atomic E-state index is -0.953. The molecule has 1 unspecified atom stereocenters. The quantitative estimate of drug-likeness (QED) is 0.787. The van der Waals surface area contributed by atoms with Gasteiger partial charge in [0.05, 0.1) is 23.8 Å². The van der Waals surface area contributed by atoms with Crippen molar-refractivity contribution in [2.24, 2.45) is 5.73 Å². The summed E-state index contributed by atoms with van der Waals surface area (Å²) in [5.74, 6) is -0.368. The molecule has 0 radical (unpaired) electrons. The molecule has 0 bridgehead atoms. The van der Waals surface area contributed by atoms with Crippen LogP contribution in [0.15, 0.2) is 6.07 Å². The minimum absolute atomic E-state index is 0.107. The summed E-state index contributed by atoms with van der Waals surface area (Å²) in [6.07, 6.45) is 0.763. The molecule has 6 nitrogen and oxygen atoms in total. The Hall–Kier alpha value is -1.66. The van der Waals surface area contributed by atoms with Crippen LogP contribution in [0.1, 0.15) is 30.9 Å². The van der Waals surface area contributed by atoms with Gasteiger partial charge in [0.2, 0.25) is 0 Å². The lowest BCUT2D eigenvalue weighted by molar-refractivity contribution is -0.137. The summed E-state index contributed by atoms with van der Waals surface area (Å²) in [5, 5.41) is 18.9. The molecule has 0 saturated carbocycles. The lowest BCUT2D eigenvalue weighted by Crippen LogP contribution is -2.14. The number of carbonyl (C=O) groups is 1. The Bertz CT molecular complexity index is 520. The van der Waals surface area contributed by atoms with Crippen LogP contribution in [0.5, 0.6) is 17.2 Å². The predicted octanol–water partition coefficient (Wildman–Crippen LogP) is 2.07. The molecule has 1 atom stereocenters. The number of nitrogens with two attached hydrogens (primary N) is 1. The van der Waals surface area contributed by atoms with Crippen LogP contribution >= 0.6 is 11.6 Å². The van der Waals surface area contributed by atoms with Gasteiger partial charge >= 0.3 is 5.97 Å². The number of carboxylic acid groups (broad SMARTS) is 1. The molecule has 0 amide bonds. The zero-order valence-corrected chi connectivity index (χ0v) is 11.5. The second-order valence-electron chi connectivity index (χ2n) is 4.54. The number of rotatable bonds is 4. The van der Waals surface area contributed by atoms with Crippen molar-refractivity contribution in [2.75, 3.05) is 13.2 Å². The SMILES string of the molecule is NC(CCC(=O)O)c1c(O)c(Cl)cc2c1OCCCO2. The van der Waals surface area contributed by atoms with Gasteiger partial charge in [0, 0.05) is 24.9 Å². The maximum absolute atomic E-state index is 10.6. The number of carboxylic acids is 1. The molecule has 0 aliphatic carbocycles. The largest absolute Gasteiger partial charge is 0.506 e. The van der Waals surface area contributed by atoms with Crippen LogP contribution in [0.3, 0.4) is 0 Å². The van der Waals surface area contributed by atoms with Gasteiger partial charge in [-0.3, -0.25) is 4.79 Å². The van der Waals surface area contributed by atoms with E-state index in [-0.39, 0.29) is 23.6 Å². The van der Waals surface area contributed by atoms with Gasteiger partial charge < -0.3 is 25.4 Å². The van der Waals surface area contributed by atoms with Crippen molar-refractivity contribution in [2.45, 2.75) is 25.3 Å². The Morgan fingerprint density at radius 2 is 2.15 bits per heavy atom. The van der Waals surface area contributed by atoms with Crippen LogP contribution in [-0.4, -0.2) is 29.4 Å². The Balaban J connectivity index is 2.39. The highest BCUT2D eigenvalue weighted by molar-refractivity contribution is 6.32. The third kappa shape index (κ3) is 3.08. The van der Waals surface area contributed by atoms with Crippen molar-refractivity contribution in [3.63, 3.8) is 0 Å². The normalized spacial score (nSPS) is 15.5. The van der Waals surface area contributed by atoms with Crippen LogP contribution in [0.25, 0.3) is 0 Å². The van der Waals surface area contributed by atoms with Crippen molar-refractivity contribution in [1.82, 2.24) is 0 Å². The number of halogens is 1. The summed E-state index contributed by atoms with van der Waals surface area (Å²) in [6, 6.07) is 0.783. The summed E-state index contributed by atoms with van der Waals surface area (Å²) < 4.78 is 11.1. The van der Waals surface area contributed by atoms with Crippen molar-refractivity contribution in [3.05, 3.63) is 16.7 Å². The van der Waals surface area contributed by atoms with Crippen molar-refractivity contribution < 1.29 is 24.5 Å². The highest BCUT2D eigenvalue weighted by Crippen LogP contribution is 2.46. The first-order valence-corrected chi connectivity index (χ1v) is 6.67. The number of fused-ring (bicyclic) bond motifs is 1. The van der Waals surface area contributed by atoms with Crippen LogP contribution in [0.2, 0.25) is 5.02 Å². The molecule has 0 fully saturated rings. The zero-order chi connectivity index (χ0) is 14.7. The van der Waals surface area contributed by atoms with Crippen LogP contribution in [-0.2, 0) is 4.79 Å². The van der Waals surface area contributed by atoms with E-state index in [1.807, 2.05) is 0 Å². The van der Waals surface area contributed by atoms with E-state index in [0.29, 0.717) is 36.7 Å². The molecule has 4 N–H and O–H groups in total. The Kier molecular flexibility index (Phi) is 4.57. The number of aliphatic carboxylic acids is 1. The minimum Gasteiger partial charge on any atom is -0.506 e. The second-order valence-corrected chi connectivity index (χ2v) is 4.94. The van der Waals surface area contributed by atoms with Crippen molar-refractivity contribution in [1.29, 1.82) is 0 Å². The molecular weight excluding hydrogens is 286 g/mol. The smallest absolute Gasteiger partial charge is 0.303 e. The van der Waals surface area contributed by atoms with Gasteiger partial charge in [0.15, 0.2) is 11.5 Å². The molecule has 110 valence electrons. The van der Waals surface area contributed by atoms with E-state index < -0.39 is 12.0 Å². The summed E-state index contributed by atoms with van der Waals surface area (Å²) >= 11 is 5.95. The lowest BCUT2D eigenvalue weighted by Gasteiger charge is -2.19. The van der Waals surface area contributed by atoms with E-state index in [4.69, 9.17) is 31.9 Å². The topological polar surface area (TPSA) is 102 Å². The van der Waals surface area contributed by atoms with Crippen LogP contribution in [0.4, 0.5) is 0 Å². The summed E-state index contributed by atoms with van der Waals surface area (Å²) in [4.78, 5) is 10.6. The fourth-order valence-electron chi connectivity index (χ4n) is 2.06. The van der Waals surface area contributed by atoms with Crippen LogP contribution in [0, 0.1) is 0 Å². The van der Waals surface area contributed by atoms with E-state index in [1.54, 1.807) is 0 Å². The van der Waals surface area contributed by atoms with E-state index in [1.165, 1.54) is 6.07 Å². The number of aromatic hydroxyl groups is 1. The average Bonchev–Trinajstić information content (AvgIpc) is 2.62. The molecule has 1 aliphatic heterocycles. The molecule has 1 aromatic carbocycles. The first-order valence-electron chi connectivity index (χ1n) is 6.29. The lowest BCUT2D eigenvalue weighted by atomic mass is 10.00. The highest BCUT2D eigenvalue weighted by Gasteiger charge is 2.25.